The average molecular weight is 225 g/mol. The number of amides is 1. The van der Waals surface area contributed by atoms with Crippen molar-refractivity contribution < 1.29 is 14.3 Å². The molecule has 0 bridgehead atoms. The van der Waals surface area contributed by atoms with Crippen LogP contribution in [0.25, 0.3) is 0 Å². The summed E-state index contributed by atoms with van der Waals surface area (Å²) in [5.41, 5.74) is 11.8. The normalized spacial score (nSPS) is 9.62. The van der Waals surface area contributed by atoms with Gasteiger partial charge in [-0.25, -0.2) is 0 Å². The van der Waals surface area contributed by atoms with E-state index in [1.807, 2.05) is 0 Å². The van der Waals surface area contributed by atoms with Gasteiger partial charge >= 0.3 is 0 Å². The molecule has 0 unspecified atom stereocenters. The smallest absolute Gasteiger partial charge is 0.236 e. The molecule has 6 nitrogen and oxygen atoms in total. The van der Waals surface area contributed by atoms with Crippen LogP contribution in [-0.2, 0) is 4.79 Å². The molecule has 0 saturated carbocycles. The van der Waals surface area contributed by atoms with E-state index in [9.17, 15) is 4.79 Å². The molecule has 0 heterocycles. The topological polar surface area (TPSA) is 99.6 Å². The van der Waals surface area contributed by atoms with Gasteiger partial charge in [0.15, 0.2) is 11.5 Å². The zero-order chi connectivity index (χ0) is 12.1. The number of rotatable bonds is 5. The number of benzene rings is 1. The minimum atomic E-state index is -0.464. The molecule has 0 aromatic heterocycles. The van der Waals surface area contributed by atoms with E-state index in [2.05, 4.69) is 5.32 Å². The SMILES string of the molecule is COc1cc(N)c(NCC(N)=O)cc1OC. The van der Waals surface area contributed by atoms with E-state index in [-0.39, 0.29) is 6.54 Å². The van der Waals surface area contributed by atoms with Gasteiger partial charge in [0.05, 0.1) is 32.1 Å². The van der Waals surface area contributed by atoms with Crippen molar-refractivity contribution in [2.45, 2.75) is 0 Å². The van der Waals surface area contributed by atoms with Gasteiger partial charge in [0.25, 0.3) is 0 Å². The van der Waals surface area contributed by atoms with Gasteiger partial charge < -0.3 is 26.3 Å². The lowest BCUT2D eigenvalue weighted by Crippen LogP contribution is -2.22. The van der Waals surface area contributed by atoms with Crippen molar-refractivity contribution in [1.82, 2.24) is 0 Å². The van der Waals surface area contributed by atoms with Crippen LogP contribution in [0.5, 0.6) is 11.5 Å². The van der Waals surface area contributed by atoms with Crippen molar-refractivity contribution in [1.29, 1.82) is 0 Å². The number of nitrogen functional groups attached to an aromatic ring is 1. The fourth-order valence-electron chi connectivity index (χ4n) is 1.23. The molecule has 0 aliphatic carbocycles. The van der Waals surface area contributed by atoms with Gasteiger partial charge in [-0.2, -0.15) is 0 Å². The summed E-state index contributed by atoms with van der Waals surface area (Å²) in [5.74, 6) is 0.600. The lowest BCUT2D eigenvalue weighted by Gasteiger charge is -2.13. The Morgan fingerprint density at radius 3 is 2.38 bits per heavy atom. The molecular weight excluding hydrogens is 210 g/mol. The average Bonchev–Trinajstić information content (AvgIpc) is 2.26. The standard InChI is InChI=1S/C10H15N3O3/c1-15-8-3-6(11)7(4-9(8)16-2)13-5-10(12)14/h3-4,13H,5,11H2,1-2H3,(H2,12,14). The summed E-state index contributed by atoms with van der Waals surface area (Å²) in [6.45, 7) is 0.0136. The Bertz CT molecular complexity index is 393. The van der Waals surface area contributed by atoms with Gasteiger partial charge in [-0.3, -0.25) is 4.79 Å². The first kappa shape index (κ1) is 12.0. The van der Waals surface area contributed by atoms with Gasteiger partial charge in [-0.1, -0.05) is 0 Å². The summed E-state index contributed by atoms with van der Waals surface area (Å²) in [4.78, 5) is 10.6. The van der Waals surface area contributed by atoms with E-state index >= 15 is 0 Å². The molecule has 0 aliphatic heterocycles. The number of hydrogen-bond donors (Lipinski definition) is 3. The van der Waals surface area contributed by atoms with Crippen molar-refractivity contribution in [3.05, 3.63) is 12.1 Å². The van der Waals surface area contributed by atoms with Crippen LogP contribution in [0, 0.1) is 0 Å². The molecule has 0 aliphatic rings. The maximum atomic E-state index is 10.6. The van der Waals surface area contributed by atoms with Gasteiger partial charge in [0.2, 0.25) is 5.91 Å². The minimum Gasteiger partial charge on any atom is -0.493 e. The number of carbonyl (C=O) groups excluding carboxylic acids is 1. The van der Waals surface area contributed by atoms with Gasteiger partial charge in [-0.15, -0.1) is 0 Å². The van der Waals surface area contributed by atoms with Crippen LogP contribution in [-0.4, -0.2) is 26.7 Å². The number of hydrogen-bond acceptors (Lipinski definition) is 5. The zero-order valence-electron chi connectivity index (χ0n) is 9.24. The fourth-order valence-corrected chi connectivity index (χ4v) is 1.23. The second-order valence-electron chi connectivity index (χ2n) is 3.11. The van der Waals surface area contributed by atoms with Crippen molar-refractivity contribution in [2.75, 3.05) is 31.8 Å². The van der Waals surface area contributed by atoms with E-state index < -0.39 is 5.91 Å². The highest BCUT2D eigenvalue weighted by molar-refractivity contribution is 5.81. The number of nitrogens with one attached hydrogen (secondary N) is 1. The van der Waals surface area contributed by atoms with Crippen LogP contribution in [0.2, 0.25) is 0 Å². The molecule has 1 aromatic carbocycles. The van der Waals surface area contributed by atoms with Gasteiger partial charge in [0, 0.05) is 12.1 Å². The molecule has 0 fully saturated rings. The summed E-state index contributed by atoms with van der Waals surface area (Å²) in [5, 5.41) is 2.80. The molecule has 0 saturated heterocycles. The summed E-state index contributed by atoms with van der Waals surface area (Å²) in [6.07, 6.45) is 0. The molecule has 6 heteroatoms. The second kappa shape index (κ2) is 5.11. The summed E-state index contributed by atoms with van der Waals surface area (Å²) in [6, 6.07) is 3.26. The summed E-state index contributed by atoms with van der Waals surface area (Å²) < 4.78 is 10.2. The number of ether oxygens (including phenoxy) is 2. The third-order valence-electron chi connectivity index (χ3n) is 2.01. The number of methoxy groups -OCH3 is 2. The van der Waals surface area contributed by atoms with E-state index in [1.54, 1.807) is 12.1 Å². The molecule has 16 heavy (non-hydrogen) atoms. The Kier molecular flexibility index (Phi) is 3.82. The lowest BCUT2D eigenvalue weighted by molar-refractivity contribution is -0.116. The largest absolute Gasteiger partial charge is 0.493 e. The van der Waals surface area contributed by atoms with Crippen LogP contribution >= 0.6 is 0 Å². The predicted octanol–water partition coefficient (Wildman–Crippen LogP) is 0.183. The molecule has 88 valence electrons. The Morgan fingerprint density at radius 1 is 1.31 bits per heavy atom. The van der Waals surface area contributed by atoms with Crippen molar-refractivity contribution in [3.63, 3.8) is 0 Å². The first-order chi connectivity index (χ1) is 7.58. The Morgan fingerprint density at radius 2 is 1.88 bits per heavy atom. The number of nitrogens with two attached hydrogens (primary N) is 2. The van der Waals surface area contributed by atoms with Crippen LogP contribution in [0.15, 0.2) is 12.1 Å². The molecule has 1 rings (SSSR count). The summed E-state index contributed by atoms with van der Waals surface area (Å²) >= 11 is 0. The monoisotopic (exact) mass is 225 g/mol. The number of primary amides is 1. The Hall–Kier alpha value is -2.11. The maximum Gasteiger partial charge on any atom is 0.236 e. The fraction of sp³-hybridized carbons (Fsp3) is 0.300. The van der Waals surface area contributed by atoms with Crippen LogP contribution in [0.4, 0.5) is 11.4 Å². The van der Waals surface area contributed by atoms with Crippen LogP contribution in [0.3, 0.4) is 0 Å². The summed E-state index contributed by atoms with van der Waals surface area (Å²) in [7, 11) is 3.04. The number of carbonyl (C=O) groups is 1. The van der Waals surface area contributed by atoms with Gasteiger partial charge in [-0.05, 0) is 0 Å². The molecule has 0 radical (unpaired) electrons. The van der Waals surface area contributed by atoms with Crippen LogP contribution < -0.4 is 26.3 Å². The van der Waals surface area contributed by atoms with Crippen molar-refractivity contribution in [3.8, 4) is 11.5 Å². The highest BCUT2D eigenvalue weighted by atomic mass is 16.5. The molecule has 0 atom stereocenters. The van der Waals surface area contributed by atoms with E-state index in [4.69, 9.17) is 20.9 Å². The minimum absolute atomic E-state index is 0.0136. The highest BCUT2D eigenvalue weighted by Crippen LogP contribution is 2.34. The van der Waals surface area contributed by atoms with Crippen LogP contribution in [0.1, 0.15) is 0 Å². The van der Waals surface area contributed by atoms with E-state index in [1.165, 1.54) is 14.2 Å². The third kappa shape index (κ3) is 2.69. The lowest BCUT2D eigenvalue weighted by atomic mass is 10.2. The molecular formula is C10H15N3O3. The third-order valence-corrected chi connectivity index (χ3v) is 2.01. The Balaban J connectivity index is 2.96. The van der Waals surface area contributed by atoms with E-state index in [0.29, 0.717) is 22.9 Å². The molecule has 5 N–H and O–H groups in total. The number of anilines is 2. The van der Waals surface area contributed by atoms with Crippen molar-refractivity contribution in [2.24, 2.45) is 5.73 Å². The zero-order valence-corrected chi connectivity index (χ0v) is 9.24. The molecule has 0 spiro atoms. The molecule has 1 amide bonds. The second-order valence-corrected chi connectivity index (χ2v) is 3.11. The van der Waals surface area contributed by atoms with Gasteiger partial charge in [0.1, 0.15) is 0 Å². The van der Waals surface area contributed by atoms with Crippen molar-refractivity contribution >= 4 is 17.3 Å². The predicted molar refractivity (Wildman–Crippen MR) is 61.6 cm³/mol. The molecule has 1 aromatic rings. The first-order valence-electron chi connectivity index (χ1n) is 4.62. The quantitative estimate of drug-likeness (QED) is 0.621. The van der Waals surface area contributed by atoms with E-state index in [0.717, 1.165) is 0 Å². The maximum absolute atomic E-state index is 10.6. The first-order valence-corrected chi connectivity index (χ1v) is 4.62. The highest BCUT2D eigenvalue weighted by Gasteiger charge is 2.09. The Labute approximate surface area is 93.5 Å².